The van der Waals surface area contributed by atoms with Crippen molar-refractivity contribution in [2.75, 3.05) is 6.26 Å². The van der Waals surface area contributed by atoms with Crippen LogP contribution in [0.2, 0.25) is 0 Å². The second-order valence-electron chi connectivity index (χ2n) is 5.03. The second-order valence-corrected chi connectivity index (χ2v) is 8.13. The number of nitrogens with zero attached hydrogens (tertiary/aromatic N) is 1. The number of benzene rings is 2. The van der Waals surface area contributed by atoms with Gasteiger partial charge in [-0.05, 0) is 43.2 Å². The molecular weight excluding hydrogens is 322 g/mol. The molecule has 0 aliphatic rings. The first kappa shape index (κ1) is 16.5. The predicted octanol–water partition coefficient (Wildman–Crippen LogP) is 3.77. The molecule has 2 aromatic rings. The van der Waals surface area contributed by atoms with Crippen LogP contribution in [0.4, 0.5) is 5.69 Å². The fourth-order valence-corrected chi connectivity index (χ4v) is 3.62. The van der Waals surface area contributed by atoms with Crippen LogP contribution in [-0.4, -0.2) is 19.6 Å². The average Bonchev–Trinajstić information content (AvgIpc) is 2.42. The summed E-state index contributed by atoms with van der Waals surface area (Å²) < 4.78 is 23.1. The van der Waals surface area contributed by atoms with Crippen LogP contribution in [-0.2, 0) is 9.84 Å². The molecule has 0 aliphatic heterocycles. The molecule has 0 atom stereocenters. The molecular formula is C15H15NO4S2. The van der Waals surface area contributed by atoms with Gasteiger partial charge in [-0.2, -0.15) is 0 Å². The van der Waals surface area contributed by atoms with Crippen molar-refractivity contribution in [3.63, 3.8) is 0 Å². The minimum atomic E-state index is -3.48. The Balaban J connectivity index is 2.51. The fourth-order valence-electron chi connectivity index (χ4n) is 1.89. The molecule has 0 bridgehead atoms. The zero-order valence-electron chi connectivity index (χ0n) is 12.4. The molecule has 2 rings (SSSR count). The van der Waals surface area contributed by atoms with Gasteiger partial charge in [-0.1, -0.05) is 23.9 Å². The van der Waals surface area contributed by atoms with Crippen molar-refractivity contribution in [2.24, 2.45) is 0 Å². The Labute approximate surface area is 133 Å². The van der Waals surface area contributed by atoms with Crippen molar-refractivity contribution in [3.8, 4) is 0 Å². The Morgan fingerprint density at radius 3 is 2.32 bits per heavy atom. The summed E-state index contributed by atoms with van der Waals surface area (Å²) >= 11 is 1.27. The minimum Gasteiger partial charge on any atom is -0.258 e. The molecule has 0 radical (unpaired) electrons. The lowest BCUT2D eigenvalue weighted by Gasteiger charge is -2.08. The Bertz CT molecular complexity index is 845. The SMILES string of the molecule is Cc1ccc(C)c(Sc2ccc(S(C)(=O)=O)cc2[N+](=O)[O-])c1. The second kappa shape index (κ2) is 6.10. The third kappa shape index (κ3) is 3.66. The van der Waals surface area contributed by atoms with Crippen molar-refractivity contribution in [3.05, 3.63) is 57.6 Å². The summed E-state index contributed by atoms with van der Waals surface area (Å²) in [5.41, 5.74) is 1.87. The van der Waals surface area contributed by atoms with E-state index in [4.69, 9.17) is 0 Å². The molecule has 0 saturated carbocycles. The van der Waals surface area contributed by atoms with Gasteiger partial charge in [0.25, 0.3) is 5.69 Å². The van der Waals surface area contributed by atoms with E-state index in [0.717, 1.165) is 28.3 Å². The molecule has 0 saturated heterocycles. The molecule has 0 fully saturated rings. The lowest BCUT2D eigenvalue weighted by atomic mass is 10.2. The van der Waals surface area contributed by atoms with E-state index in [1.165, 1.54) is 23.9 Å². The van der Waals surface area contributed by atoms with Crippen LogP contribution in [0.15, 0.2) is 51.1 Å². The lowest BCUT2D eigenvalue weighted by Crippen LogP contribution is -1.99. The maximum atomic E-state index is 11.5. The summed E-state index contributed by atoms with van der Waals surface area (Å²) in [5, 5.41) is 11.2. The molecule has 0 heterocycles. The summed E-state index contributed by atoms with van der Waals surface area (Å²) in [4.78, 5) is 12.0. The molecule has 0 aliphatic carbocycles. The summed E-state index contributed by atoms with van der Waals surface area (Å²) in [6.45, 7) is 3.88. The molecule has 0 spiro atoms. The van der Waals surface area contributed by atoms with Crippen molar-refractivity contribution in [1.82, 2.24) is 0 Å². The van der Waals surface area contributed by atoms with Crippen LogP contribution in [0.25, 0.3) is 0 Å². The third-order valence-corrected chi connectivity index (χ3v) is 5.45. The first-order valence-electron chi connectivity index (χ1n) is 6.42. The molecule has 5 nitrogen and oxygen atoms in total. The zero-order valence-corrected chi connectivity index (χ0v) is 14.0. The highest BCUT2D eigenvalue weighted by atomic mass is 32.2. The number of nitro groups is 1. The lowest BCUT2D eigenvalue weighted by molar-refractivity contribution is -0.388. The number of nitro benzene ring substituents is 1. The van der Waals surface area contributed by atoms with Gasteiger partial charge in [-0.25, -0.2) is 8.42 Å². The fraction of sp³-hybridized carbons (Fsp3) is 0.200. The monoisotopic (exact) mass is 337 g/mol. The zero-order chi connectivity index (χ0) is 16.5. The summed E-state index contributed by atoms with van der Waals surface area (Å²) in [6.07, 6.45) is 1.03. The van der Waals surface area contributed by atoms with E-state index in [-0.39, 0.29) is 10.6 Å². The van der Waals surface area contributed by atoms with Crippen LogP contribution >= 0.6 is 11.8 Å². The van der Waals surface area contributed by atoms with Gasteiger partial charge >= 0.3 is 0 Å². The molecule has 0 aromatic heterocycles. The summed E-state index contributed by atoms with van der Waals surface area (Å²) in [7, 11) is -3.48. The quantitative estimate of drug-likeness (QED) is 0.627. The van der Waals surface area contributed by atoms with Gasteiger partial charge in [0.05, 0.1) is 14.7 Å². The molecule has 22 heavy (non-hydrogen) atoms. The molecule has 116 valence electrons. The van der Waals surface area contributed by atoms with E-state index >= 15 is 0 Å². The summed E-state index contributed by atoms with van der Waals surface area (Å²) in [5.74, 6) is 0. The van der Waals surface area contributed by atoms with Crippen molar-refractivity contribution in [2.45, 2.75) is 28.5 Å². The maximum absolute atomic E-state index is 11.5. The molecule has 0 unspecified atom stereocenters. The highest BCUT2D eigenvalue weighted by Gasteiger charge is 2.20. The molecule has 2 aromatic carbocycles. The van der Waals surface area contributed by atoms with Gasteiger partial charge in [0.2, 0.25) is 0 Å². The normalized spacial score (nSPS) is 11.4. The standard InChI is InChI=1S/C15H15NO4S2/c1-10-4-5-11(2)15(8-10)21-14-7-6-12(22(3,19)20)9-13(14)16(17)18/h4-9H,1-3H3. The maximum Gasteiger partial charge on any atom is 0.284 e. The predicted molar refractivity (Wildman–Crippen MR) is 86.2 cm³/mol. The Hall–Kier alpha value is -1.86. The van der Waals surface area contributed by atoms with Crippen LogP contribution in [0.1, 0.15) is 11.1 Å². The van der Waals surface area contributed by atoms with Gasteiger partial charge < -0.3 is 0 Å². The van der Waals surface area contributed by atoms with E-state index in [1.807, 2.05) is 32.0 Å². The number of hydrogen-bond donors (Lipinski definition) is 0. The topological polar surface area (TPSA) is 77.3 Å². The van der Waals surface area contributed by atoms with Crippen LogP contribution < -0.4 is 0 Å². The van der Waals surface area contributed by atoms with E-state index < -0.39 is 14.8 Å². The first-order chi connectivity index (χ1) is 10.2. The smallest absolute Gasteiger partial charge is 0.258 e. The van der Waals surface area contributed by atoms with Crippen molar-refractivity contribution in [1.29, 1.82) is 0 Å². The Kier molecular flexibility index (Phi) is 4.58. The highest BCUT2D eigenvalue weighted by Crippen LogP contribution is 2.37. The van der Waals surface area contributed by atoms with E-state index in [0.29, 0.717) is 4.90 Å². The summed E-state index contributed by atoms with van der Waals surface area (Å²) in [6, 6.07) is 9.88. The van der Waals surface area contributed by atoms with Crippen LogP contribution in [0.3, 0.4) is 0 Å². The highest BCUT2D eigenvalue weighted by molar-refractivity contribution is 7.99. The Morgan fingerprint density at radius 2 is 1.73 bits per heavy atom. The largest absolute Gasteiger partial charge is 0.284 e. The van der Waals surface area contributed by atoms with Gasteiger partial charge in [0.15, 0.2) is 9.84 Å². The number of hydrogen-bond acceptors (Lipinski definition) is 5. The van der Waals surface area contributed by atoms with Crippen LogP contribution in [0.5, 0.6) is 0 Å². The van der Waals surface area contributed by atoms with Gasteiger partial charge in [-0.3, -0.25) is 10.1 Å². The average molecular weight is 337 g/mol. The van der Waals surface area contributed by atoms with E-state index in [1.54, 1.807) is 0 Å². The van der Waals surface area contributed by atoms with Gasteiger partial charge in [0.1, 0.15) is 0 Å². The number of rotatable bonds is 4. The third-order valence-electron chi connectivity index (χ3n) is 3.12. The van der Waals surface area contributed by atoms with E-state index in [9.17, 15) is 18.5 Å². The van der Waals surface area contributed by atoms with E-state index in [2.05, 4.69) is 0 Å². The Morgan fingerprint density at radius 1 is 1.05 bits per heavy atom. The molecule has 0 amide bonds. The van der Waals surface area contributed by atoms with Gasteiger partial charge in [-0.15, -0.1) is 0 Å². The molecule has 7 heteroatoms. The first-order valence-corrected chi connectivity index (χ1v) is 9.13. The van der Waals surface area contributed by atoms with Crippen molar-refractivity contribution >= 4 is 27.3 Å². The van der Waals surface area contributed by atoms with Crippen LogP contribution in [0, 0.1) is 24.0 Å². The van der Waals surface area contributed by atoms with Crippen molar-refractivity contribution < 1.29 is 13.3 Å². The number of sulfone groups is 1. The number of aryl methyl sites for hydroxylation is 2. The molecule has 0 N–H and O–H groups in total. The van der Waals surface area contributed by atoms with Gasteiger partial charge in [0, 0.05) is 17.2 Å². The minimum absolute atomic E-state index is 0.0514.